The molecule has 0 saturated heterocycles. The van der Waals surface area contributed by atoms with Gasteiger partial charge in [0.2, 0.25) is 0 Å². The Bertz CT molecular complexity index is 215. The summed E-state index contributed by atoms with van der Waals surface area (Å²) in [5, 5.41) is 13.5. The van der Waals surface area contributed by atoms with E-state index in [4.69, 9.17) is 0 Å². The van der Waals surface area contributed by atoms with Crippen LogP contribution in [0.2, 0.25) is 0 Å². The molecule has 3 unspecified atom stereocenters. The van der Waals surface area contributed by atoms with Crippen LogP contribution in [0.3, 0.4) is 0 Å². The molecule has 2 rings (SSSR count). The van der Waals surface area contributed by atoms with Crippen LogP contribution in [0, 0.1) is 5.41 Å². The van der Waals surface area contributed by atoms with Crippen LogP contribution in [0.25, 0.3) is 0 Å². The summed E-state index contributed by atoms with van der Waals surface area (Å²) in [6.45, 7) is 4.73. The highest BCUT2D eigenvalue weighted by Gasteiger charge is 2.32. The van der Waals surface area contributed by atoms with E-state index in [0.29, 0.717) is 17.5 Å². The van der Waals surface area contributed by atoms with Crippen LogP contribution in [-0.2, 0) is 0 Å². The van der Waals surface area contributed by atoms with E-state index >= 15 is 0 Å². The lowest BCUT2D eigenvalue weighted by Gasteiger charge is -2.37. The van der Waals surface area contributed by atoms with Gasteiger partial charge in [-0.05, 0) is 43.9 Å². The molecule has 2 heteroatoms. The van der Waals surface area contributed by atoms with Gasteiger partial charge in [0.15, 0.2) is 0 Å². The van der Waals surface area contributed by atoms with Crippen molar-refractivity contribution in [1.82, 2.24) is 5.32 Å². The first-order chi connectivity index (χ1) is 7.07. The minimum absolute atomic E-state index is 0.0879. The first-order valence-corrected chi connectivity index (χ1v) is 6.51. The Balaban J connectivity index is 1.83. The van der Waals surface area contributed by atoms with Crippen LogP contribution in [0.4, 0.5) is 0 Å². The van der Waals surface area contributed by atoms with Crippen LogP contribution < -0.4 is 5.32 Å². The van der Waals surface area contributed by atoms with Crippen LogP contribution in [0.5, 0.6) is 0 Å². The molecule has 3 atom stereocenters. The Hall–Kier alpha value is -0.0800. The summed E-state index contributed by atoms with van der Waals surface area (Å²) in [6, 6.07) is 1.02. The average molecular weight is 211 g/mol. The predicted molar refractivity (Wildman–Crippen MR) is 62.8 cm³/mol. The van der Waals surface area contributed by atoms with Crippen molar-refractivity contribution < 1.29 is 5.11 Å². The standard InChI is InChI=1S/C13H25NO/c1-13(2)8-4-5-10(9-13)14-11-6-3-7-12(11)15/h10-12,14-15H,3-9H2,1-2H3. The van der Waals surface area contributed by atoms with Gasteiger partial charge in [-0.1, -0.05) is 20.3 Å². The fourth-order valence-corrected chi connectivity index (χ4v) is 3.28. The van der Waals surface area contributed by atoms with Gasteiger partial charge in [0.25, 0.3) is 0 Å². The number of rotatable bonds is 2. The Kier molecular flexibility index (Phi) is 3.36. The van der Waals surface area contributed by atoms with E-state index in [1.807, 2.05) is 0 Å². The van der Waals surface area contributed by atoms with E-state index in [1.54, 1.807) is 0 Å². The molecule has 0 aromatic rings. The molecule has 2 nitrogen and oxygen atoms in total. The molecule has 0 aromatic heterocycles. The molecule has 15 heavy (non-hydrogen) atoms. The predicted octanol–water partition coefficient (Wildman–Crippen LogP) is 2.46. The van der Waals surface area contributed by atoms with Gasteiger partial charge in [-0.2, -0.15) is 0 Å². The lowest BCUT2D eigenvalue weighted by Crippen LogP contribution is -2.45. The van der Waals surface area contributed by atoms with Gasteiger partial charge < -0.3 is 10.4 Å². The van der Waals surface area contributed by atoms with Crippen molar-refractivity contribution in [2.24, 2.45) is 5.41 Å². The van der Waals surface area contributed by atoms with Crippen molar-refractivity contribution in [3.05, 3.63) is 0 Å². The summed E-state index contributed by atoms with van der Waals surface area (Å²) in [4.78, 5) is 0. The number of aliphatic hydroxyl groups is 1. The number of hydrogen-bond acceptors (Lipinski definition) is 2. The maximum atomic E-state index is 9.79. The SMILES string of the molecule is CC1(C)CCCC(NC2CCCC2O)C1. The summed E-state index contributed by atoms with van der Waals surface area (Å²) in [6.07, 6.45) is 8.53. The van der Waals surface area contributed by atoms with Crippen molar-refractivity contribution >= 4 is 0 Å². The number of aliphatic hydroxyl groups excluding tert-OH is 1. The zero-order chi connectivity index (χ0) is 10.9. The lowest BCUT2D eigenvalue weighted by molar-refractivity contribution is 0.122. The fraction of sp³-hybridized carbons (Fsp3) is 1.00. The van der Waals surface area contributed by atoms with Gasteiger partial charge >= 0.3 is 0 Å². The summed E-state index contributed by atoms with van der Waals surface area (Å²) in [5.41, 5.74) is 0.499. The Morgan fingerprint density at radius 3 is 2.53 bits per heavy atom. The topological polar surface area (TPSA) is 32.3 Å². The van der Waals surface area contributed by atoms with Crippen molar-refractivity contribution in [3.63, 3.8) is 0 Å². The van der Waals surface area contributed by atoms with E-state index in [9.17, 15) is 5.11 Å². The van der Waals surface area contributed by atoms with E-state index in [-0.39, 0.29) is 6.10 Å². The molecule has 88 valence electrons. The maximum absolute atomic E-state index is 9.79. The highest BCUT2D eigenvalue weighted by Crippen LogP contribution is 2.35. The monoisotopic (exact) mass is 211 g/mol. The molecule has 2 aliphatic carbocycles. The maximum Gasteiger partial charge on any atom is 0.0693 e. The van der Waals surface area contributed by atoms with Crippen LogP contribution in [0.15, 0.2) is 0 Å². The normalized spacial score (nSPS) is 40.6. The molecule has 0 bridgehead atoms. The summed E-state index contributed by atoms with van der Waals surface area (Å²) >= 11 is 0. The fourth-order valence-electron chi connectivity index (χ4n) is 3.28. The van der Waals surface area contributed by atoms with E-state index in [1.165, 1.54) is 32.1 Å². The highest BCUT2D eigenvalue weighted by atomic mass is 16.3. The molecule has 2 fully saturated rings. The molecular weight excluding hydrogens is 186 g/mol. The number of nitrogens with one attached hydrogen (secondary N) is 1. The second kappa shape index (κ2) is 4.42. The molecular formula is C13H25NO. The van der Waals surface area contributed by atoms with Crippen molar-refractivity contribution in [1.29, 1.82) is 0 Å². The van der Waals surface area contributed by atoms with Crippen LogP contribution in [-0.4, -0.2) is 23.3 Å². The third kappa shape index (κ3) is 2.94. The third-order valence-electron chi connectivity index (χ3n) is 4.13. The first-order valence-electron chi connectivity index (χ1n) is 6.51. The second-order valence-electron chi connectivity index (χ2n) is 6.23. The van der Waals surface area contributed by atoms with Crippen LogP contribution in [0.1, 0.15) is 58.8 Å². The number of hydrogen-bond donors (Lipinski definition) is 2. The molecule has 0 spiro atoms. The molecule has 0 heterocycles. The summed E-state index contributed by atoms with van der Waals surface area (Å²) < 4.78 is 0. The minimum Gasteiger partial charge on any atom is -0.392 e. The van der Waals surface area contributed by atoms with Gasteiger partial charge in [-0.25, -0.2) is 0 Å². The molecule has 0 amide bonds. The summed E-state index contributed by atoms with van der Waals surface area (Å²) in [5.74, 6) is 0. The average Bonchev–Trinajstić information content (AvgIpc) is 2.50. The van der Waals surface area contributed by atoms with Crippen molar-refractivity contribution in [2.75, 3.05) is 0 Å². The Labute approximate surface area is 93.5 Å². The minimum atomic E-state index is -0.0879. The molecule has 0 aromatic carbocycles. The van der Waals surface area contributed by atoms with Gasteiger partial charge in [0.1, 0.15) is 0 Å². The van der Waals surface area contributed by atoms with Gasteiger partial charge in [0.05, 0.1) is 6.10 Å². The van der Waals surface area contributed by atoms with Gasteiger partial charge in [0, 0.05) is 12.1 Å². The molecule has 2 aliphatic rings. The quantitative estimate of drug-likeness (QED) is 0.735. The first kappa shape index (κ1) is 11.4. The zero-order valence-electron chi connectivity index (χ0n) is 10.1. The second-order valence-corrected chi connectivity index (χ2v) is 6.23. The van der Waals surface area contributed by atoms with Gasteiger partial charge in [-0.15, -0.1) is 0 Å². The van der Waals surface area contributed by atoms with Crippen LogP contribution >= 0.6 is 0 Å². The lowest BCUT2D eigenvalue weighted by atomic mass is 9.75. The Morgan fingerprint density at radius 2 is 1.93 bits per heavy atom. The van der Waals surface area contributed by atoms with E-state index in [2.05, 4.69) is 19.2 Å². The zero-order valence-corrected chi connectivity index (χ0v) is 10.1. The summed E-state index contributed by atoms with van der Waals surface area (Å²) in [7, 11) is 0. The molecule has 2 N–H and O–H groups in total. The van der Waals surface area contributed by atoms with E-state index in [0.717, 1.165) is 12.8 Å². The van der Waals surface area contributed by atoms with E-state index < -0.39 is 0 Å². The van der Waals surface area contributed by atoms with Gasteiger partial charge in [-0.3, -0.25) is 0 Å². The van der Waals surface area contributed by atoms with Crippen molar-refractivity contribution in [2.45, 2.75) is 77.0 Å². The van der Waals surface area contributed by atoms with Crippen molar-refractivity contribution in [3.8, 4) is 0 Å². The highest BCUT2D eigenvalue weighted by molar-refractivity contribution is 4.89. The largest absolute Gasteiger partial charge is 0.392 e. The Morgan fingerprint density at radius 1 is 1.13 bits per heavy atom. The molecule has 0 aliphatic heterocycles. The molecule has 2 saturated carbocycles. The molecule has 0 radical (unpaired) electrons. The smallest absolute Gasteiger partial charge is 0.0693 e. The third-order valence-corrected chi connectivity index (χ3v) is 4.13.